The Hall–Kier alpha value is -0.0400. The summed E-state index contributed by atoms with van der Waals surface area (Å²) in [5.41, 5.74) is 0. The zero-order valence-corrected chi connectivity index (χ0v) is 4.30. The summed E-state index contributed by atoms with van der Waals surface area (Å²) in [6, 6.07) is 0. The van der Waals surface area contributed by atoms with Gasteiger partial charge in [0.25, 0.3) is 0 Å². The first-order valence-corrected chi connectivity index (χ1v) is 2.16. The van der Waals surface area contributed by atoms with Crippen molar-refractivity contribution in [2.45, 2.75) is 13.3 Å². The molecule has 0 nitrogen and oxygen atoms in total. The smallest absolute Gasteiger partial charge is 0.185 e. The lowest BCUT2D eigenvalue weighted by molar-refractivity contribution is 0.689. The summed E-state index contributed by atoms with van der Waals surface area (Å²) in [4.78, 5) is 0. The van der Waals surface area contributed by atoms with E-state index in [1.165, 1.54) is 6.08 Å². The number of hydrogen-bond donors (Lipinski definition) is 0. The van der Waals surface area contributed by atoms with Gasteiger partial charge in [-0.3, -0.25) is 0 Å². The monoisotopic (exact) mass is 108 g/mol. The normalized spacial score (nSPS) is 12.2. The molecule has 0 fully saturated rings. The first-order valence-electron chi connectivity index (χ1n) is 1.78. The topological polar surface area (TPSA) is 0 Å². The average molecular weight is 109 g/mol. The van der Waals surface area contributed by atoms with Crippen LogP contribution in [-0.2, 0) is 0 Å². The van der Waals surface area contributed by atoms with Gasteiger partial charge in [-0.05, 0) is 12.5 Å². The second kappa shape index (κ2) is 3.16. The van der Waals surface area contributed by atoms with E-state index < -0.39 is 5.29 Å². The van der Waals surface area contributed by atoms with Crippen molar-refractivity contribution in [1.82, 2.24) is 0 Å². The molecule has 36 valence electrons. The molecule has 0 saturated heterocycles. The van der Waals surface area contributed by atoms with Crippen LogP contribution in [0.1, 0.15) is 13.3 Å². The first-order chi connectivity index (χ1) is 2.77. The van der Waals surface area contributed by atoms with Crippen molar-refractivity contribution in [2.24, 2.45) is 0 Å². The van der Waals surface area contributed by atoms with Gasteiger partial charge in [0.05, 0.1) is 0 Å². The molecule has 0 aromatic heterocycles. The third-order valence-corrected chi connectivity index (χ3v) is 0.513. The minimum atomic E-state index is -0.613. The van der Waals surface area contributed by atoms with E-state index in [2.05, 4.69) is 0 Å². The first kappa shape index (κ1) is 5.96. The van der Waals surface area contributed by atoms with Gasteiger partial charge < -0.3 is 0 Å². The molecule has 0 atom stereocenters. The van der Waals surface area contributed by atoms with E-state index >= 15 is 0 Å². The Balaban J connectivity index is 3.14. The Kier molecular flexibility index (Phi) is 3.14. The van der Waals surface area contributed by atoms with Crippen LogP contribution in [0.2, 0.25) is 0 Å². The van der Waals surface area contributed by atoms with Crippen molar-refractivity contribution >= 4 is 11.6 Å². The number of halogens is 2. The summed E-state index contributed by atoms with van der Waals surface area (Å²) in [5.74, 6) is 0. The molecule has 0 unspecified atom stereocenters. The Labute approximate surface area is 41.6 Å². The van der Waals surface area contributed by atoms with Crippen molar-refractivity contribution in [2.75, 3.05) is 0 Å². The minimum absolute atomic E-state index is 0.613. The second-order valence-electron chi connectivity index (χ2n) is 0.902. The molecule has 0 radical (unpaired) electrons. The molecule has 0 N–H and O–H groups in total. The van der Waals surface area contributed by atoms with Crippen LogP contribution in [0.3, 0.4) is 0 Å². The van der Waals surface area contributed by atoms with Crippen LogP contribution in [0.15, 0.2) is 11.4 Å². The molecule has 2 heteroatoms. The number of rotatable bonds is 1. The molecular weight excluding hydrogens is 102 g/mol. The maximum absolute atomic E-state index is 11.3. The molecule has 0 rings (SSSR count). The molecule has 0 aromatic carbocycles. The molecule has 0 amide bonds. The van der Waals surface area contributed by atoms with Gasteiger partial charge >= 0.3 is 0 Å². The maximum Gasteiger partial charge on any atom is 0.185 e. The molecule has 0 saturated carbocycles. The fourth-order valence-corrected chi connectivity index (χ4v) is 0.309. The fourth-order valence-electron chi connectivity index (χ4n) is 0.154. The molecule has 6 heavy (non-hydrogen) atoms. The van der Waals surface area contributed by atoms with Crippen molar-refractivity contribution in [3.05, 3.63) is 11.4 Å². The summed E-state index contributed by atoms with van der Waals surface area (Å²) in [5, 5.41) is -0.613. The van der Waals surface area contributed by atoms with Gasteiger partial charge in [0.15, 0.2) is 5.29 Å². The highest BCUT2D eigenvalue weighted by Gasteiger charge is 1.76. The van der Waals surface area contributed by atoms with Crippen LogP contribution in [0.25, 0.3) is 0 Å². The average Bonchev–Trinajstić information content (AvgIpc) is 1.35. The van der Waals surface area contributed by atoms with Crippen LogP contribution >= 0.6 is 11.6 Å². The zero-order chi connectivity index (χ0) is 4.99. The van der Waals surface area contributed by atoms with Gasteiger partial charge in [0.1, 0.15) is 0 Å². The summed E-state index contributed by atoms with van der Waals surface area (Å²) < 4.78 is 11.3. The predicted molar refractivity (Wildman–Crippen MR) is 25.3 cm³/mol. The van der Waals surface area contributed by atoms with E-state index in [4.69, 9.17) is 11.6 Å². The molecule has 0 spiro atoms. The summed E-state index contributed by atoms with van der Waals surface area (Å²) in [7, 11) is 0. The lowest BCUT2D eigenvalue weighted by atomic mass is 10.5. The summed E-state index contributed by atoms with van der Waals surface area (Å²) in [6.45, 7) is 1.82. The van der Waals surface area contributed by atoms with Gasteiger partial charge in [-0.15, -0.1) is 0 Å². The maximum atomic E-state index is 11.3. The van der Waals surface area contributed by atoms with Crippen LogP contribution in [0, 0.1) is 0 Å². The lowest BCUT2D eigenvalue weighted by Gasteiger charge is -1.72. The highest BCUT2D eigenvalue weighted by atomic mass is 35.5. The largest absolute Gasteiger partial charge is 0.194 e. The van der Waals surface area contributed by atoms with Crippen LogP contribution < -0.4 is 0 Å². The third kappa shape index (κ3) is 3.96. The molecule has 0 aliphatic carbocycles. The standard InChI is InChI=1S/C4H6ClF/c1-2-3-4(5)6/h3H,2H2,1H3/b4-3-. The Morgan fingerprint density at radius 1 is 2.00 bits per heavy atom. The predicted octanol–water partition coefficient (Wildman–Crippen LogP) is 2.45. The summed E-state index contributed by atoms with van der Waals surface area (Å²) >= 11 is 4.77. The molecule has 0 bridgehead atoms. The summed E-state index contributed by atoms with van der Waals surface area (Å²) in [6.07, 6.45) is 1.97. The van der Waals surface area contributed by atoms with Crippen molar-refractivity contribution in [3.8, 4) is 0 Å². The van der Waals surface area contributed by atoms with E-state index in [1.54, 1.807) is 0 Å². The number of allylic oxidation sites excluding steroid dienone is 1. The van der Waals surface area contributed by atoms with Crippen molar-refractivity contribution in [1.29, 1.82) is 0 Å². The van der Waals surface area contributed by atoms with Gasteiger partial charge in [0, 0.05) is 0 Å². The van der Waals surface area contributed by atoms with E-state index in [0.717, 1.165) is 0 Å². The quantitative estimate of drug-likeness (QED) is 0.484. The second-order valence-corrected chi connectivity index (χ2v) is 1.26. The van der Waals surface area contributed by atoms with Gasteiger partial charge in [0.2, 0.25) is 0 Å². The zero-order valence-electron chi connectivity index (χ0n) is 3.54. The molecule has 0 aromatic rings. The highest BCUT2D eigenvalue weighted by molar-refractivity contribution is 6.28. The highest BCUT2D eigenvalue weighted by Crippen LogP contribution is 2.01. The fraction of sp³-hybridized carbons (Fsp3) is 0.500. The lowest BCUT2D eigenvalue weighted by Crippen LogP contribution is -1.51. The third-order valence-electron chi connectivity index (χ3n) is 0.358. The van der Waals surface area contributed by atoms with Gasteiger partial charge in [-0.25, -0.2) is 0 Å². The Bertz CT molecular complexity index is 54.6. The molecule has 0 heterocycles. The van der Waals surface area contributed by atoms with Gasteiger partial charge in [-0.2, -0.15) is 4.39 Å². The van der Waals surface area contributed by atoms with E-state index in [0.29, 0.717) is 6.42 Å². The van der Waals surface area contributed by atoms with E-state index in [9.17, 15) is 4.39 Å². The SMILES string of the molecule is CC/C=C(\F)Cl. The Morgan fingerprint density at radius 2 is 2.50 bits per heavy atom. The van der Waals surface area contributed by atoms with E-state index in [1.807, 2.05) is 6.92 Å². The van der Waals surface area contributed by atoms with Crippen LogP contribution in [-0.4, -0.2) is 0 Å². The van der Waals surface area contributed by atoms with Gasteiger partial charge in [-0.1, -0.05) is 18.5 Å². The van der Waals surface area contributed by atoms with Crippen molar-refractivity contribution < 1.29 is 4.39 Å². The van der Waals surface area contributed by atoms with Crippen LogP contribution in [0.5, 0.6) is 0 Å². The van der Waals surface area contributed by atoms with Crippen LogP contribution in [0.4, 0.5) is 4.39 Å². The molecular formula is C4H6ClF. The molecule has 0 aliphatic heterocycles. The minimum Gasteiger partial charge on any atom is -0.194 e. The Morgan fingerprint density at radius 3 is 2.50 bits per heavy atom. The molecule has 0 aliphatic rings. The number of hydrogen-bond acceptors (Lipinski definition) is 0. The van der Waals surface area contributed by atoms with Crippen molar-refractivity contribution in [3.63, 3.8) is 0 Å². The van der Waals surface area contributed by atoms with E-state index in [-0.39, 0.29) is 0 Å².